The van der Waals surface area contributed by atoms with Crippen LogP contribution in [0.25, 0.3) is 0 Å². The number of aliphatic hydroxyl groups is 1. The summed E-state index contributed by atoms with van der Waals surface area (Å²) in [4.78, 5) is 3.99. The third-order valence-electron chi connectivity index (χ3n) is 2.58. The van der Waals surface area contributed by atoms with Crippen molar-refractivity contribution in [2.75, 3.05) is 13.2 Å². The van der Waals surface area contributed by atoms with E-state index in [1.807, 2.05) is 6.07 Å². The van der Waals surface area contributed by atoms with Gasteiger partial charge >= 0.3 is 0 Å². The number of hydrogen-bond donors (Lipinski definition) is 1. The number of hydrogen-bond acceptors (Lipinski definition) is 4. The molecule has 0 spiro atoms. The molecule has 2 rings (SSSR count). The Balaban J connectivity index is 1.87. The van der Waals surface area contributed by atoms with Crippen LogP contribution in [0.5, 0.6) is 5.75 Å². The molecule has 5 heteroatoms. The highest BCUT2D eigenvalue weighted by Crippen LogP contribution is 2.22. The van der Waals surface area contributed by atoms with Gasteiger partial charge in [-0.1, -0.05) is 9.39 Å². The lowest BCUT2D eigenvalue weighted by Gasteiger charge is -2.36. The molecule has 1 saturated heterocycles. The quantitative estimate of drug-likeness (QED) is 0.772. The number of pyridine rings is 1. The van der Waals surface area contributed by atoms with Gasteiger partial charge in [-0.3, -0.25) is 9.65 Å². The first-order chi connectivity index (χ1) is 7.29. The lowest BCUT2D eigenvalue weighted by atomic mass is 10.1. The van der Waals surface area contributed by atoms with Crippen molar-refractivity contribution in [3.8, 4) is 5.75 Å². The molecule has 0 bridgehead atoms. The van der Waals surface area contributed by atoms with Crippen molar-refractivity contribution in [3.63, 3.8) is 0 Å². The maximum Gasteiger partial charge on any atom is 0.138 e. The van der Waals surface area contributed by atoms with Crippen molar-refractivity contribution >= 4 is 9.39 Å². The van der Waals surface area contributed by atoms with Crippen molar-refractivity contribution in [2.45, 2.75) is 19.1 Å². The Bertz CT molecular complexity index is 335. The van der Waals surface area contributed by atoms with Gasteiger partial charge in [0, 0.05) is 18.8 Å². The van der Waals surface area contributed by atoms with Crippen LogP contribution in [0, 0.1) is 0 Å². The maximum atomic E-state index is 8.93. The summed E-state index contributed by atoms with van der Waals surface area (Å²) < 4.78 is 7.78. The monoisotopic (exact) mass is 226 g/mol. The van der Waals surface area contributed by atoms with Crippen molar-refractivity contribution in [2.24, 2.45) is 0 Å². The second-order valence-electron chi connectivity index (χ2n) is 3.68. The second-order valence-corrected chi connectivity index (χ2v) is 4.34. The molecule has 2 atom stereocenters. The summed E-state index contributed by atoms with van der Waals surface area (Å²) in [5.41, 5.74) is 0.781. The molecule has 1 fully saturated rings. The molecule has 1 aliphatic rings. The summed E-state index contributed by atoms with van der Waals surface area (Å²) in [5.74, 6) is 0.729. The van der Waals surface area contributed by atoms with E-state index < -0.39 is 0 Å². The Morgan fingerprint density at radius 2 is 2.47 bits per heavy atom. The number of aliphatic hydroxyl groups excluding tert-OH is 1. The van der Waals surface area contributed by atoms with Crippen LogP contribution >= 0.6 is 9.39 Å². The minimum atomic E-state index is 0.00336. The summed E-state index contributed by atoms with van der Waals surface area (Å²) in [6.07, 6.45) is 4.49. The minimum Gasteiger partial charge on any atom is -0.490 e. The number of rotatable bonds is 4. The van der Waals surface area contributed by atoms with Crippen molar-refractivity contribution in [1.29, 1.82) is 0 Å². The Hall–Kier alpha value is -0.700. The van der Waals surface area contributed by atoms with Crippen molar-refractivity contribution in [1.82, 2.24) is 9.65 Å². The van der Waals surface area contributed by atoms with E-state index in [1.54, 1.807) is 12.4 Å². The second kappa shape index (κ2) is 4.88. The highest BCUT2D eigenvalue weighted by atomic mass is 31.0. The van der Waals surface area contributed by atoms with Gasteiger partial charge in [0.05, 0.1) is 12.8 Å². The van der Waals surface area contributed by atoms with E-state index in [1.165, 1.54) is 6.42 Å². The van der Waals surface area contributed by atoms with Gasteiger partial charge < -0.3 is 9.84 Å². The molecule has 1 aliphatic heterocycles. The maximum absolute atomic E-state index is 8.93. The molecule has 0 aromatic carbocycles. The first kappa shape index (κ1) is 10.8. The van der Waals surface area contributed by atoms with Crippen LogP contribution in [0.4, 0.5) is 0 Å². The van der Waals surface area contributed by atoms with E-state index in [0.29, 0.717) is 12.6 Å². The molecule has 0 radical (unpaired) electrons. The zero-order valence-electron chi connectivity index (χ0n) is 8.47. The van der Waals surface area contributed by atoms with Gasteiger partial charge in [-0.15, -0.1) is 0 Å². The topological polar surface area (TPSA) is 45.6 Å². The average molecular weight is 226 g/mol. The lowest BCUT2D eigenvalue weighted by Crippen LogP contribution is -2.44. The van der Waals surface area contributed by atoms with E-state index >= 15 is 0 Å². The molecule has 2 heterocycles. The SMILES string of the molecule is OCc1cncc(OC[C@@H]2CCN2P)c1. The van der Waals surface area contributed by atoms with Crippen LogP contribution in [0.3, 0.4) is 0 Å². The molecular weight excluding hydrogens is 211 g/mol. The Morgan fingerprint density at radius 3 is 3.07 bits per heavy atom. The number of aromatic nitrogens is 1. The predicted molar refractivity (Wildman–Crippen MR) is 60.5 cm³/mol. The van der Waals surface area contributed by atoms with Crippen LogP contribution in [-0.2, 0) is 6.61 Å². The van der Waals surface area contributed by atoms with Gasteiger partial charge in [0.2, 0.25) is 0 Å². The molecule has 82 valence electrons. The molecule has 1 N–H and O–H groups in total. The van der Waals surface area contributed by atoms with Crippen molar-refractivity contribution in [3.05, 3.63) is 24.0 Å². The van der Waals surface area contributed by atoms with E-state index in [-0.39, 0.29) is 6.61 Å². The Labute approximate surface area is 91.5 Å². The number of ether oxygens (including phenoxy) is 1. The average Bonchev–Trinajstić information content (AvgIpc) is 2.27. The summed E-state index contributed by atoms with van der Waals surface area (Å²) in [6.45, 7) is 1.80. The smallest absolute Gasteiger partial charge is 0.138 e. The first-order valence-corrected chi connectivity index (χ1v) is 5.50. The Morgan fingerprint density at radius 1 is 1.60 bits per heavy atom. The van der Waals surface area contributed by atoms with Gasteiger partial charge in [0.25, 0.3) is 0 Å². The molecule has 0 amide bonds. The molecule has 0 saturated carbocycles. The van der Waals surface area contributed by atoms with Crippen LogP contribution in [0.2, 0.25) is 0 Å². The first-order valence-electron chi connectivity index (χ1n) is 4.98. The zero-order chi connectivity index (χ0) is 10.7. The predicted octanol–water partition coefficient (Wildman–Crippen LogP) is 0.817. The van der Waals surface area contributed by atoms with E-state index in [2.05, 4.69) is 19.0 Å². The summed E-state index contributed by atoms with van der Waals surface area (Å²) >= 11 is 0. The van der Waals surface area contributed by atoms with Gasteiger partial charge in [-0.2, -0.15) is 0 Å². The fraction of sp³-hybridized carbons (Fsp3) is 0.500. The van der Waals surface area contributed by atoms with E-state index in [9.17, 15) is 0 Å². The van der Waals surface area contributed by atoms with Crippen LogP contribution in [0.15, 0.2) is 18.5 Å². The molecule has 1 unspecified atom stereocenters. The van der Waals surface area contributed by atoms with Gasteiger partial charge in [-0.05, 0) is 18.1 Å². The molecular formula is C10H15N2O2P. The molecule has 1 aromatic rings. The Kier molecular flexibility index (Phi) is 3.52. The standard InChI is InChI=1S/C10H15N2O2P/c13-6-8-3-10(5-11-4-8)14-7-9-1-2-12(9)15/h3-5,9,13H,1-2,6-7,15H2/t9-/m0/s1. The van der Waals surface area contributed by atoms with Crippen LogP contribution in [-0.4, -0.2) is 34.0 Å². The number of nitrogens with zero attached hydrogens (tertiary/aromatic N) is 2. The summed E-state index contributed by atoms with van der Waals surface area (Å²) in [6, 6.07) is 2.31. The lowest BCUT2D eigenvalue weighted by molar-refractivity contribution is 0.138. The molecule has 15 heavy (non-hydrogen) atoms. The van der Waals surface area contributed by atoms with Gasteiger partial charge in [0.1, 0.15) is 12.4 Å². The van der Waals surface area contributed by atoms with Crippen LogP contribution in [0.1, 0.15) is 12.0 Å². The van der Waals surface area contributed by atoms with E-state index in [4.69, 9.17) is 9.84 Å². The van der Waals surface area contributed by atoms with Gasteiger partial charge in [0.15, 0.2) is 0 Å². The third kappa shape index (κ3) is 2.65. The largest absolute Gasteiger partial charge is 0.490 e. The fourth-order valence-corrected chi connectivity index (χ4v) is 1.85. The zero-order valence-corrected chi connectivity index (χ0v) is 9.62. The van der Waals surface area contributed by atoms with Crippen molar-refractivity contribution < 1.29 is 9.84 Å². The summed E-state index contributed by atoms with van der Waals surface area (Å²) in [7, 11) is 2.69. The van der Waals surface area contributed by atoms with Gasteiger partial charge in [-0.25, -0.2) is 0 Å². The fourth-order valence-electron chi connectivity index (χ4n) is 1.46. The molecule has 4 nitrogen and oxygen atoms in total. The third-order valence-corrected chi connectivity index (χ3v) is 3.26. The normalized spacial score (nSPS) is 21.1. The molecule has 0 aliphatic carbocycles. The molecule has 1 aromatic heterocycles. The van der Waals surface area contributed by atoms with E-state index in [0.717, 1.165) is 17.9 Å². The highest BCUT2D eigenvalue weighted by Gasteiger charge is 2.24. The minimum absolute atomic E-state index is 0.00336. The summed E-state index contributed by atoms with van der Waals surface area (Å²) in [5, 5.41) is 8.93. The highest BCUT2D eigenvalue weighted by molar-refractivity contribution is 7.13. The van der Waals surface area contributed by atoms with Crippen LogP contribution < -0.4 is 4.74 Å².